The molecule has 0 heterocycles. The van der Waals surface area contributed by atoms with Crippen LogP contribution in [0.5, 0.6) is 0 Å². The molecule has 1 aliphatic rings. The van der Waals surface area contributed by atoms with Gasteiger partial charge in [0.1, 0.15) is 6.10 Å². The Morgan fingerprint density at radius 1 is 1.70 bits per heavy atom. The maximum Gasteiger partial charge on any atom is 0.305 e. The summed E-state index contributed by atoms with van der Waals surface area (Å²) in [6.07, 6.45) is 3.13. The molecule has 1 saturated carbocycles. The Balaban J connectivity index is 2.16. The van der Waals surface area contributed by atoms with Crippen LogP contribution in [0.25, 0.3) is 0 Å². The van der Waals surface area contributed by atoms with Gasteiger partial charge in [0.25, 0.3) is 0 Å². The van der Waals surface area contributed by atoms with Gasteiger partial charge in [0, 0.05) is 6.42 Å². The normalized spacial score (nSPS) is 20.2. The van der Waals surface area contributed by atoms with E-state index in [1.54, 1.807) is 0 Å². The highest BCUT2D eigenvalue weighted by Crippen LogP contribution is 2.34. The number of esters is 1. The summed E-state index contributed by atoms with van der Waals surface area (Å²) in [6, 6.07) is 0. The van der Waals surface area contributed by atoms with E-state index in [0.29, 0.717) is 12.3 Å². The lowest BCUT2D eigenvalue weighted by molar-refractivity contribution is -0.148. The SMILES string of the molecule is CCC(=O)O[C@@H](C)C1CC1. The summed E-state index contributed by atoms with van der Waals surface area (Å²) < 4.78 is 5.08. The van der Waals surface area contributed by atoms with Crippen molar-refractivity contribution in [3.8, 4) is 0 Å². The predicted octanol–water partition coefficient (Wildman–Crippen LogP) is 1.74. The van der Waals surface area contributed by atoms with Crippen molar-refractivity contribution in [3.05, 3.63) is 0 Å². The molecule has 0 radical (unpaired) electrons. The molecule has 0 amide bonds. The standard InChI is InChI=1S/C8H14O2/c1-3-8(9)10-6(2)7-4-5-7/h6-7H,3-5H2,1-2H3/t6-/m0/s1. The fourth-order valence-electron chi connectivity index (χ4n) is 0.953. The summed E-state index contributed by atoms with van der Waals surface area (Å²) in [4.78, 5) is 10.7. The lowest BCUT2D eigenvalue weighted by atomic mass is 10.3. The Hall–Kier alpha value is -0.530. The highest BCUT2D eigenvalue weighted by Gasteiger charge is 2.30. The lowest BCUT2D eigenvalue weighted by Crippen LogP contribution is -2.15. The Morgan fingerprint density at radius 3 is 2.70 bits per heavy atom. The Morgan fingerprint density at radius 2 is 2.30 bits per heavy atom. The van der Waals surface area contributed by atoms with E-state index in [0.717, 1.165) is 0 Å². The minimum Gasteiger partial charge on any atom is -0.462 e. The van der Waals surface area contributed by atoms with Crippen molar-refractivity contribution in [1.82, 2.24) is 0 Å². The van der Waals surface area contributed by atoms with Crippen LogP contribution < -0.4 is 0 Å². The second-order valence-electron chi connectivity index (χ2n) is 2.89. The number of ether oxygens (including phenoxy) is 1. The van der Waals surface area contributed by atoms with Gasteiger partial charge in [-0.25, -0.2) is 0 Å². The molecule has 1 aliphatic carbocycles. The monoisotopic (exact) mass is 142 g/mol. The van der Waals surface area contributed by atoms with Gasteiger partial charge in [0.2, 0.25) is 0 Å². The average Bonchev–Trinajstić information content (AvgIpc) is 2.68. The average molecular weight is 142 g/mol. The first-order valence-corrected chi connectivity index (χ1v) is 3.93. The molecule has 0 unspecified atom stereocenters. The van der Waals surface area contributed by atoms with E-state index in [4.69, 9.17) is 4.74 Å². The number of hydrogen-bond donors (Lipinski definition) is 0. The van der Waals surface area contributed by atoms with Crippen molar-refractivity contribution in [2.45, 2.75) is 39.2 Å². The number of hydrogen-bond acceptors (Lipinski definition) is 2. The van der Waals surface area contributed by atoms with Crippen molar-refractivity contribution in [2.24, 2.45) is 5.92 Å². The van der Waals surface area contributed by atoms with Crippen LogP contribution in [-0.4, -0.2) is 12.1 Å². The number of rotatable bonds is 3. The molecule has 2 heteroatoms. The van der Waals surface area contributed by atoms with Crippen molar-refractivity contribution < 1.29 is 9.53 Å². The lowest BCUT2D eigenvalue weighted by Gasteiger charge is -2.10. The molecular weight excluding hydrogens is 128 g/mol. The highest BCUT2D eigenvalue weighted by molar-refractivity contribution is 5.69. The molecule has 1 atom stereocenters. The van der Waals surface area contributed by atoms with Gasteiger partial charge in [-0.1, -0.05) is 6.92 Å². The molecule has 1 rings (SSSR count). The van der Waals surface area contributed by atoms with Crippen LogP contribution in [0.3, 0.4) is 0 Å². The largest absolute Gasteiger partial charge is 0.462 e. The minimum atomic E-state index is -0.0700. The second kappa shape index (κ2) is 3.04. The molecule has 58 valence electrons. The third kappa shape index (κ3) is 2.01. The molecule has 10 heavy (non-hydrogen) atoms. The Bertz CT molecular complexity index is 127. The molecule has 0 aromatic carbocycles. The molecule has 1 fully saturated rings. The fourth-order valence-corrected chi connectivity index (χ4v) is 0.953. The fraction of sp³-hybridized carbons (Fsp3) is 0.875. The summed E-state index contributed by atoms with van der Waals surface area (Å²) in [7, 11) is 0. The van der Waals surface area contributed by atoms with Crippen LogP contribution in [0.1, 0.15) is 33.1 Å². The van der Waals surface area contributed by atoms with Gasteiger partial charge in [0.15, 0.2) is 0 Å². The van der Waals surface area contributed by atoms with Gasteiger partial charge >= 0.3 is 5.97 Å². The van der Waals surface area contributed by atoms with Gasteiger partial charge < -0.3 is 4.74 Å². The second-order valence-corrected chi connectivity index (χ2v) is 2.89. The summed E-state index contributed by atoms with van der Waals surface area (Å²) in [5, 5.41) is 0. The molecule has 0 aliphatic heterocycles. The van der Waals surface area contributed by atoms with Gasteiger partial charge in [-0.3, -0.25) is 4.79 Å². The van der Waals surface area contributed by atoms with Crippen LogP contribution in [0.2, 0.25) is 0 Å². The quantitative estimate of drug-likeness (QED) is 0.561. The molecule has 0 bridgehead atoms. The topological polar surface area (TPSA) is 26.3 Å². The molecule has 0 aromatic rings. The smallest absolute Gasteiger partial charge is 0.305 e. The van der Waals surface area contributed by atoms with Crippen molar-refractivity contribution >= 4 is 5.97 Å². The van der Waals surface area contributed by atoms with Gasteiger partial charge in [0.05, 0.1) is 0 Å². The third-order valence-corrected chi connectivity index (χ3v) is 1.89. The zero-order valence-electron chi connectivity index (χ0n) is 6.59. The summed E-state index contributed by atoms with van der Waals surface area (Å²) >= 11 is 0. The number of carbonyl (C=O) groups is 1. The van der Waals surface area contributed by atoms with E-state index in [9.17, 15) is 4.79 Å². The Labute approximate surface area is 61.6 Å². The summed E-state index contributed by atoms with van der Waals surface area (Å²) in [5.74, 6) is 0.592. The molecule has 2 nitrogen and oxygen atoms in total. The van der Waals surface area contributed by atoms with E-state index in [1.807, 2.05) is 13.8 Å². The van der Waals surface area contributed by atoms with E-state index >= 15 is 0 Å². The van der Waals surface area contributed by atoms with E-state index in [1.165, 1.54) is 12.8 Å². The first kappa shape index (κ1) is 7.58. The van der Waals surface area contributed by atoms with Crippen molar-refractivity contribution in [2.75, 3.05) is 0 Å². The Kier molecular flexibility index (Phi) is 2.30. The van der Waals surface area contributed by atoms with E-state index in [-0.39, 0.29) is 12.1 Å². The molecule has 0 N–H and O–H groups in total. The van der Waals surface area contributed by atoms with Crippen LogP contribution in [0, 0.1) is 5.92 Å². The molecule has 0 saturated heterocycles. The van der Waals surface area contributed by atoms with Gasteiger partial charge in [-0.2, -0.15) is 0 Å². The maximum absolute atomic E-state index is 10.7. The van der Waals surface area contributed by atoms with Crippen LogP contribution in [-0.2, 0) is 9.53 Å². The molecule has 0 spiro atoms. The predicted molar refractivity (Wildman–Crippen MR) is 38.6 cm³/mol. The van der Waals surface area contributed by atoms with E-state index < -0.39 is 0 Å². The minimum absolute atomic E-state index is 0.0700. The zero-order chi connectivity index (χ0) is 7.56. The molecular formula is C8H14O2. The van der Waals surface area contributed by atoms with Crippen LogP contribution in [0.15, 0.2) is 0 Å². The first-order chi connectivity index (χ1) is 4.74. The third-order valence-electron chi connectivity index (χ3n) is 1.89. The first-order valence-electron chi connectivity index (χ1n) is 3.93. The highest BCUT2D eigenvalue weighted by atomic mass is 16.5. The molecule has 0 aromatic heterocycles. The van der Waals surface area contributed by atoms with Gasteiger partial charge in [-0.05, 0) is 25.7 Å². The van der Waals surface area contributed by atoms with Crippen molar-refractivity contribution in [1.29, 1.82) is 0 Å². The van der Waals surface area contributed by atoms with Crippen molar-refractivity contribution in [3.63, 3.8) is 0 Å². The zero-order valence-corrected chi connectivity index (χ0v) is 6.59. The van der Waals surface area contributed by atoms with Crippen LogP contribution in [0.4, 0.5) is 0 Å². The van der Waals surface area contributed by atoms with Crippen LogP contribution >= 0.6 is 0 Å². The van der Waals surface area contributed by atoms with E-state index in [2.05, 4.69) is 0 Å². The maximum atomic E-state index is 10.7. The summed E-state index contributed by atoms with van der Waals surface area (Å²) in [5.41, 5.74) is 0. The number of carbonyl (C=O) groups excluding carboxylic acids is 1. The van der Waals surface area contributed by atoms with Gasteiger partial charge in [-0.15, -0.1) is 0 Å². The summed E-state index contributed by atoms with van der Waals surface area (Å²) in [6.45, 7) is 3.80.